The second kappa shape index (κ2) is 14.6. The number of thioether (sulfide) groups is 1. The molecule has 2 N–H and O–H groups in total. The summed E-state index contributed by atoms with van der Waals surface area (Å²) in [6, 6.07) is 20.5. The molecule has 0 fully saturated rings. The number of ether oxygens (including phenoxy) is 2. The van der Waals surface area contributed by atoms with E-state index in [0.29, 0.717) is 40.8 Å². The summed E-state index contributed by atoms with van der Waals surface area (Å²) in [6.45, 7) is 4.81. The molecule has 12 heteroatoms. The Kier molecular flexibility index (Phi) is 10.8. The second-order valence-corrected chi connectivity index (χ2v) is 13.2. The predicted molar refractivity (Wildman–Crippen MR) is 171 cm³/mol. The van der Waals surface area contributed by atoms with Gasteiger partial charge in [-0.25, -0.2) is 13.2 Å². The molecule has 0 bridgehead atoms. The van der Waals surface area contributed by atoms with Crippen LogP contribution in [0.25, 0.3) is 0 Å². The highest BCUT2D eigenvalue weighted by Crippen LogP contribution is 2.36. The molecule has 10 nitrogen and oxygen atoms in total. The number of nitrogens with zero attached hydrogens (tertiary/aromatic N) is 1. The van der Waals surface area contributed by atoms with Crippen LogP contribution in [0.5, 0.6) is 0 Å². The highest BCUT2D eigenvalue weighted by molar-refractivity contribution is 8.04. The lowest BCUT2D eigenvalue weighted by Crippen LogP contribution is -2.33. The molecule has 0 radical (unpaired) electrons. The Morgan fingerprint density at radius 2 is 1.57 bits per heavy atom. The van der Waals surface area contributed by atoms with Crippen molar-refractivity contribution in [2.45, 2.75) is 36.8 Å². The largest absolute Gasteiger partial charge is 0.465 e. The fraction of sp³-hybridized carbons (Fsp3) is 0.281. The van der Waals surface area contributed by atoms with Gasteiger partial charge in [0.15, 0.2) is 0 Å². The Morgan fingerprint density at radius 3 is 2.20 bits per heavy atom. The number of esters is 1. The van der Waals surface area contributed by atoms with Crippen LogP contribution in [0.4, 0.5) is 11.4 Å². The SMILES string of the molecule is COCCCN1C(=O)C(Nc2ccc(C(C)C)cc2)=C(Sc2ccc(NS(=O)(=O)Cc3ccccc3C(=O)OC)cc2)C1=O. The van der Waals surface area contributed by atoms with Crippen LogP contribution >= 0.6 is 11.8 Å². The molecule has 0 saturated carbocycles. The van der Waals surface area contributed by atoms with E-state index in [0.717, 1.165) is 17.3 Å². The zero-order chi connectivity index (χ0) is 31.9. The molecular formula is C32H35N3O7S2. The average Bonchev–Trinajstić information content (AvgIpc) is 3.21. The fourth-order valence-electron chi connectivity index (χ4n) is 4.51. The number of imide groups is 1. The standard InChI is InChI=1S/C32H35N3O7S2/c1-21(2)22-10-12-24(13-11-22)33-28-29(31(37)35(30(28)36)18-7-19-41-3)43-26-16-14-25(15-17-26)34-44(39,40)20-23-8-5-6-9-27(23)32(38)42-4/h5-6,8-17,21,33-34H,7,18-20H2,1-4H3. The summed E-state index contributed by atoms with van der Waals surface area (Å²) in [5.74, 6) is -1.53. The third-order valence-electron chi connectivity index (χ3n) is 6.82. The summed E-state index contributed by atoms with van der Waals surface area (Å²) >= 11 is 1.12. The van der Waals surface area contributed by atoms with Gasteiger partial charge < -0.3 is 14.8 Å². The Balaban J connectivity index is 1.53. The number of methoxy groups -OCH3 is 2. The molecule has 44 heavy (non-hydrogen) atoms. The monoisotopic (exact) mass is 637 g/mol. The van der Waals surface area contributed by atoms with Crippen molar-refractivity contribution in [2.75, 3.05) is 37.4 Å². The number of carbonyl (C=O) groups is 3. The number of benzene rings is 3. The number of hydrogen-bond donors (Lipinski definition) is 2. The molecule has 232 valence electrons. The topological polar surface area (TPSA) is 131 Å². The summed E-state index contributed by atoms with van der Waals surface area (Å²) in [4.78, 5) is 40.9. The van der Waals surface area contributed by atoms with Gasteiger partial charge >= 0.3 is 5.97 Å². The van der Waals surface area contributed by atoms with Gasteiger partial charge in [-0.2, -0.15) is 0 Å². The third kappa shape index (κ3) is 8.07. The molecule has 0 spiro atoms. The first kappa shape index (κ1) is 32.8. The minimum absolute atomic E-state index is 0.174. The summed E-state index contributed by atoms with van der Waals surface area (Å²) in [5, 5.41) is 3.15. The zero-order valence-corrected chi connectivity index (χ0v) is 26.6. The summed E-state index contributed by atoms with van der Waals surface area (Å²) in [7, 11) is -1.08. The number of anilines is 2. The summed E-state index contributed by atoms with van der Waals surface area (Å²) < 4.78 is 38.2. The van der Waals surface area contributed by atoms with Gasteiger partial charge in [-0.3, -0.25) is 19.2 Å². The smallest absolute Gasteiger partial charge is 0.338 e. The van der Waals surface area contributed by atoms with E-state index in [9.17, 15) is 22.8 Å². The lowest BCUT2D eigenvalue weighted by molar-refractivity contribution is -0.137. The minimum Gasteiger partial charge on any atom is -0.465 e. The summed E-state index contributed by atoms with van der Waals surface area (Å²) in [6.07, 6.45) is 0.501. The van der Waals surface area contributed by atoms with E-state index in [1.807, 2.05) is 24.3 Å². The van der Waals surface area contributed by atoms with E-state index < -0.39 is 33.6 Å². The van der Waals surface area contributed by atoms with Crippen LogP contribution in [0.1, 0.15) is 47.7 Å². The maximum absolute atomic E-state index is 13.4. The quantitative estimate of drug-likeness (QED) is 0.136. The molecule has 0 unspecified atom stereocenters. The van der Waals surface area contributed by atoms with Crippen LogP contribution in [-0.4, -0.2) is 58.5 Å². The van der Waals surface area contributed by atoms with Gasteiger partial charge in [0.2, 0.25) is 10.0 Å². The minimum atomic E-state index is -3.87. The molecule has 0 atom stereocenters. The molecule has 0 aliphatic carbocycles. The number of carbonyl (C=O) groups excluding carboxylic acids is 3. The van der Waals surface area contributed by atoms with E-state index >= 15 is 0 Å². The zero-order valence-electron chi connectivity index (χ0n) is 25.0. The molecular weight excluding hydrogens is 603 g/mol. The first-order chi connectivity index (χ1) is 21.0. The number of nitrogens with one attached hydrogen (secondary N) is 2. The van der Waals surface area contributed by atoms with Crippen LogP contribution in [0.15, 0.2) is 88.3 Å². The van der Waals surface area contributed by atoms with E-state index in [4.69, 9.17) is 9.47 Å². The van der Waals surface area contributed by atoms with Crippen LogP contribution in [0, 0.1) is 0 Å². The van der Waals surface area contributed by atoms with Gasteiger partial charge in [0.25, 0.3) is 11.8 Å². The van der Waals surface area contributed by atoms with Crippen molar-refractivity contribution in [1.29, 1.82) is 0 Å². The molecule has 1 heterocycles. The maximum atomic E-state index is 13.4. The Labute approximate surface area is 261 Å². The Bertz CT molecular complexity index is 1650. The van der Waals surface area contributed by atoms with Crippen molar-refractivity contribution < 1.29 is 32.3 Å². The average molecular weight is 638 g/mol. The number of rotatable bonds is 14. The normalized spacial score (nSPS) is 13.5. The number of amides is 2. The van der Waals surface area contributed by atoms with Crippen LogP contribution < -0.4 is 10.0 Å². The highest BCUT2D eigenvalue weighted by atomic mass is 32.2. The molecule has 0 aromatic heterocycles. The van der Waals surface area contributed by atoms with Gasteiger partial charge in [-0.05, 0) is 65.9 Å². The van der Waals surface area contributed by atoms with Crippen molar-refractivity contribution >= 4 is 50.9 Å². The molecule has 2 amide bonds. The van der Waals surface area contributed by atoms with E-state index in [-0.39, 0.29) is 22.7 Å². The van der Waals surface area contributed by atoms with Crippen molar-refractivity contribution in [3.05, 3.63) is 100 Å². The van der Waals surface area contributed by atoms with Gasteiger partial charge in [0.05, 0.1) is 18.4 Å². The maximum Gasteiger partial charge on any atom is 0.338 e. The van der Waals surface area contributed by atoms with Crippen LogP contribution in [0.3, 0.4) is 0 Å². The van der Waals surface area contributed by atoms with E-state index in [1.54, 1.807) is 49.6 Å². The molecule has 1 aliphatic heterocycles. The van der Waals surface area contributed by atoms with Crippen molar-refractivity contribution in [1.82, 2.24) is 4.90 Å². The Hall–Kier alpha value is -4.13. The Morgan fingerprint density at radius 1 is 0.909 bits per heavy atom. The van der Waals surface area contributed by atoms with E-state index in [1.165, 1.54) is 18.1 Å². The molecule has 0 saturated heterocycles. The lowest BCUT2D eigenvalue weighted by atomic mass is 10.0. The first-order valence-electron chi connectivity index (χ1n) is 13.9. The number of sulfonamides is 1. The van der Waals surface area contributed by atoms with Gasteiger partial charge in [-0.15, -0.1) is 0 Å². The molecule has 3 aromatic carbocycles. The highest BCUT2D eigenvalue weighted by Gasteiger charge is 2.38. The fourth-order valence-corrected chi connectivity index (χ4v) is 6.68. The van der Waals surface area contributed by atoms with E-state index in [2.05, 4.69) is 23.9 Å². The number of hydrogen-bond acceptors (Lipinski definition) is 9. The second-order valence-electron chi connectivity index (χ2n) is 10.4. The van der Waals surface area contributed by atoms with Crippen LogP contribution in [-0.2, 0) is 34.8 Å². The van der Waals surface area contributed by atoms with Gasteiger partial charge in [-0.1, -0.05) is 55.9 Å². The molecule has 4 rings (SSSR count). The van der Waals surface area contributed by atoms with Crippen LogP contribution in [0.2, 0.25) is 0 Å². The van der Waals surface area contributed by atoms with Crippen molar-refractivity contribution in [3.63, 3.8) is 0 Å². The molecule has 3 aromatic rings. The van der Waals surface area contributed by atoms with Gasteiger partial charge in [0, 0.05) is 36.5 Å². The molecule has 1 aliphatic rings. The van der Waals surface area contributed by atoms with Crippen molar-refractivity contribution in [2.24, 2.45) is 0 Å². The third-order valence-corrected chi connectivity index (χ3v) is 9.15. The lowest BCUT2D eigenvalue weighted by Gasteiger charge is -2.15. The predicted octanol–water partition coefficient (Wildman–Crippen LogP) is 5.36. The van der Waals surface area contributed by atoms with Crippen molar-refractivity contribution in [3.8, 4) is 0 Å². The summed E-state index contributed by atoms with van der Waals surface area (Å²) in [5.41, 5.74) is 2.80. The first-order valence-corrected chi connectivity index (χ1v) is 16.4. The van der Waals surface area contributed by atoms with Gasteiger partial charge in [0.1, 0.15) is 10.6 Å².